The molecule has 0 atom stereocenters. The predicted molar refractivity (Wildman–Crippen MR) is 78.7 cm³/mol. The molecule has 3 rings (SSSR count). The molecule has 2 N–H and O–H groups in total. The molecule has 0 saturated heterocycles. The minimum atomic E-state index is -0.449. The van der Waals surface area contributed by atoms with Crippen LogP contribution >= 0.6 is 11.6 Å². The van der Waals surface area contributed by atoms with Gasteiger partial charge in [0.1, 0.15) is 5.82 Å². The molecule has 0 spiro atoms. The van der Waals surface area contributed by atoms with Crippen LogP contribution in [0, 0.1) is 12.7 Å². The molecule has 1 aromatic heterocycles. The summed E-state index contributed by atoms with van der Waals surface area (Å²) in [4.78, 5) is 0. The third-order valence-electron chi connectivity index (χ3n) is 2.98. The van der Waals surface area contributed by atoms with Gasteiger partial charge in [-0.2, -0.15) is 4.68 Å². The topological polar surface area (TPSA) is 69.6 Å². The van der Waals surface area contributed by atoms with Crippen molar-refractivity contribution in [1.29, 1.82) is 0 Å². The molecule has 0 bridgehead atoms. The number of nitrogens with zero attached hydrogens (tertiary/aromatic N) is 4. The first-order valence-electron chi connectivity index (χ1n) is 6.16. The van der Waals surface area contributed by atoms with Gasteiger partial charge in [-0.25, -0.2) is 4.39 Å². The SMILES string of the molecule is Cc1ccc(-n2nnnc2-c2cc(N)cc(F)c2)c(Cl)c1. The van der Waals surface area contributed by atoms with Gasteiger partial charge in [0.2, 0.25) is 0 Å². The van der Waals surface area contributed by atoms with Crippen LogP contribution in [0.2, 0.25) is 5.02 Å². The fourth-order valence-electron chi connectivity index (χ4n) is 2.05. The summed E-state index contributed by atoms with van der Waals surface area (Å²) in [5, 5.41) is 12.0. The number of aryl methyl sites for hydroxylation is 1. The Kier molecular flexibility index (Phi) is 3.31. The van der Waals surface area contributed by atoms with Crippen LogP contribution in [-0.2, 0) is 0 Å². The van der Waals surface area contributed by atoms with Gasteiger partial charge in [0, 0.05) is 11.3 Å². The molecule has 1 heterocycles. The standard InChI is InChI=1S/C14H11ClFN5/c1-8-2-3-13(12(15)4-8)21-14(18-19-20-21)9-5-10(16)7-11(17)6-9/h2-7H,17H2,1H3. The van der Waals surface area contributed by atoms with E-state index in [1.165, 1.54) is 16.8 Å². The number of nitrogen functional groups attached to an aromatic ring is 1. The second-order valence-electron chi connectivity index (χ2n) is 4.64. The highest BCUT2D eigenvalue weighted by Gasteiger charge is 2.14. The van der Waals surface area contributed by atoms with E-state index in [1.54, 1.807) is 12.1 Å². The molecule has 0 amide bonds. The molecule has 0 aliphatic carbocycles. The molecule has 7 heteroatoms. The Balaban J connectivity index is 2.17. The zero-order valence-electron chi connectivity index (χ0n) is 11.1. The highest BCUT2D eigenvalue weighted by molar-refractivity contribution is 6.32. The van der Waals surface area contributed by atoms with Crippen molar-refractivity contribution in [3.63, 3.8) is 0 Å². The first kappa shape index (κ1) is 13.5. The third kappa shape index (κ3) is 2.57. The van der Waals surface area contributed by atoms with Crippen LogP contribution in [0.4, 0.5) is 10.1 Å². The average Bonchev–Trinajstić information content (AvgIpc) is 2.86. The van der Waals surface area contributed by atoms with Crippen molar-refractivity contribution in [3.05, 3.63) is 52.8 Å². The first-order valence-corrected chi connectivity index (χ1v) is 6.54. The monoisotopic (exact) mass is 303 g/mol. The lowest BCUT2D eigenvalue weighted by atomic mass is 10.1. The maximum absolute atomic E-state index is 13.5. The number of nitrogens with two attached hydrogens (primary N) is 1. The summed E-state index contributed by atoms with van der Waals surface area (Å²) in [5.74, 6) is -0.0819. The van der Waals surface area contributed by atoms with Gasteiger partial charge in [0.15, 0.2) is 5.82 Å². The second kappa shape index (κ2) is 5.14. The van der Waals surface area contributed by atoms with Gasteiger partial charge in [-0.05, 0) is 53.2 Å². The fourth-order valence-corrected chi connectivity index (χ4v) is 2.37. The van der Waals surface area contributed by atoms with Gasteiger partial charge in [-0.3, -0.25) is 0 Å². The van der Waals surface area contributed by atoms with Crippen molar-refractivity contribution < 1.29 is 4.39 Å². The van der Waals surface area contributed by atoms with E-state index < -0.39 is 5.82 Å². The summed E-state index contributed by atoms with van der Waals surface area (Å²) in [6.45, 7) is 1.93. The van der Waals surface area contributed by atoms with Crippen LogP contribution in [-0.4, -0.2) is 20.2 Å². The third-order valence-corrected chi connectivity index (χ3v) is 3.28. The van der Waals surface area contributed by atoms with Crippen LogP contribution in [0.15, 0.2) is 36.4 Å². The van der Waals surface area contributed by atoms with Crippen LogP contribution in [0.5, 0.6) is 0 Å². The van der Waals surface area contributed by atoms with Crippen molar-refractivity contribution in [3.8, 4) is 17.1 Å². The zero-order valence-corrected chi connectivity index (χ0v) is 11.8. The number of hydrogen-bond donors (Lipinski definition) is 1. The Labute approximate surface area is 125 Å². The van der Waals surface area contributed by atoms with Crippen molar-refractivity contribution in [2.75, 3.05) is 5.73 Å². The lowest BCUT2D eigenvalue weighted by Crippen LogP contribution is -2.01. The van der Waals surface area contributed by atoms with E-state index in [4.69, 9.17) is 17.3 Å². The van der Waals surface area contributed by atoms with Gasteiger partial charge >= 0.3 is 0 Å². The van der Waals surface area contributed by atoms with E-state index in [2.05, 4.69) is 15.5 Å². The lowest BCUT2D eigenvalue weighted by molar-refractivity contribution is 0.628. The Morgan fingerprint density at radius 2 is 2.00 bits per heavy atom. The normalized spacial score (nSPS) is 10.8. The van der Waals surface area contributed by atoms with E-state index in [-0.39, 0.29) is 0 Å². The van der Waals surface area contributed by atoms with Gasteiger partial charge in [-0.1, -0.05) is 17.7 Å². The van der Waals surface area contributed by atoms with Gasteiger partial charge in [0.25, 0.3) is 0 Å². The van der Waals surface area contributed by atoms with Gasteiger partial charge in [0.05, 0.1) is 10.7 Å². The summed E-state index contributed by atoms with van der Waals surface area (Å²) >= 11 is 6.23. The second-order valence-corrected chi connectivity index (χ2v) is 5.05. The van der Waals surface area contributed by atoms with Gasteiger partial charge < -0.3 is 5.73 Å². The smallest absolute Gasteiger partial charge is 0.187 e. The first-order chi connectivity index (χ1) is 10.0. The molecule has 0 radical (unpaired) electrons. The number of benzene rings is 2. The molecule has 21 heavy (non-hydrogen) atoms. The Morgan fingerprint density at radius 1 is 1.19 bits per heavy atom. The summed E-state index contributed by atoms with van der Waals surface area (Å²) in [5.41, 5.74) is 8.08. The Hall–Kier alpha value is -2.47. The molecule has 5 nitrogen and oxygen atoms in total. The van der Waals surface area contributed by atoms with E-state index in [1.807, 2.05) is 19.1 Å². The zero-order chi connectivity index (χ0) is 15.0. The average molecular weight is 304 g/mol. The molecule has 0 aliphatic heterocycles. The summed E-state index contributed by atoms with van der Waals surface area (Å²) in [7, 11) is 0. The van der Waals surface area contributed by atoms with E-state index in [0.29, 0.717) is 27.8 Å². The molecular weight excluding hydrogens is 293 g/mol. The lowest BCUT2D eigenvalue weighted by Gasteiger charge is -2.08. The maximum Gasteiger partial charge on any atom is 0.187 e. The maximum atomic E-state index is 13.5. The number of hydrogen-bond acceptors (Lipinski definition) is 4. The number of tetrazole rings is 1. The molecule has 0 fully saturated rings. The summed E-state index contributed by atoms with van der Waals surface area (Å²) in [6, 6.07) is 9.67. The van der Waals surface area contributed by atoms with E-state index in [0.717, 1.165) is 5.56 Å². The van der Waals surface area contributed by atoms with Gasteiger partial charge in [-0.15, -0.1) is 5.10 Å². The van der Waals surface area contributed by atoms with Crippen molar-refractivity contribution in [2.24, 2.45) is 0 Å². The molecular formula is C14H11ClFN5. The van der Waals surface area contributed by atoms with Crippen molar-refractivity contribution in [1.82, 2.24) is 20.2 Å². The predicted octanol–water partition coefficient (Wildman–Crippen LogP) is 3.01. The minimum Gasteiger partial charge on any atom is -0.399 e. The fraction of sp³-hybridized carbons (Fsp3) is 0.0714. The van der Waals surface area contributed by atoms with Crippen LogP contribution in [0.25, 0.3) is 17.1 Å². The molecule has 0 unspecified atom stereocenters. The Morgan fingerprint density at radius 3 is 2.71 bits per heavy atom. The molecule has 2 aromatic carbocycles. The number of anilines is 1. The molecule has 106 valence electrons. The number of halogens is 2. The molecule has 3 aromatic rings. The molecule has 0 saturated carbocycles. The minimum absolute atomic E-state index is 0.301. The van der Waals surface area contributed by atoms with Crippen LogP contribution < -0.4 is 5.73 Å². The summed E-state index contributed by atoms with van der Waals surface area (Å²) in [6.07, 6.45) is 0. The van der Waals surface area contributed by atoms with Crippen LogP contribution in [0.1, 0.15) is 5.56 Å². The van der Waals surface area contributed by atoms with Crippen LogP contribution in [0.3, 0.4) is 0 Å². The molecule has 0 aliphatic rings. The van der Waals surface area contributed by atoms with E-state index in [9.17, 15) is 4.39 Å². The van der Waals surface area contributed by atoms with E-state index >= 15 is 0 Å². The quantitative estimate of drug-likeness (QED) is 0.739. The number of aromatic nitrogens is 4. The summed E-state index contributed by atoms with van der Waals surface area (Å²) < 4.78 is 15.0. The van der Waals surface area contributed by atoms with Crippen molar-refractivity contribution in [2.45, 2.75) is 6.92 Å². The highest BCUT2D eigenvalue weighted by Crippen LogP contribution is 2.27. The highest BCUT2D eigenvalue weighted by atomic mass is 35.5. The largest absolute Gasteiger partial charge is 0.399 e. The van der Waals surface area contributed by atoms with Crippen molar-refractivity contribution >= 4 is 17.3 Å². The number of rotatable bonds is 2. The Bertz CT molecular complexity index is 795.